The van der Waals surface area contributed by atoms with Crippen molar-refractivity contribution in [2.75, 3.05) is 6.61 Å². The first-order valence-electron chi connectivity index (χ1n) is 7.21. The van der Waals surface area contributed by atoms with Gasteiger partial charge in [0.05, 0.1) is 37.5 Å². The van der Waals surface area contributed by atoms with E-state index < -0.39 is 30.4 Å². The smallest absolute Gasteiger partial charge is 0.107 e. The Morgan fingerprint density at radius 3 is 2.48 bits per heavy atom. The summed E-state index contributed by atoms with van der Waals surface area (Å²) in [7, 11) is 0. The SMILES string of the molecule is C[C@@H]1O[C@H](COCc2ccccc2)[C@@H](O)[C@H](N=[N+]=[N-])[C@H]1N=[N+]=[N-]. The number of aliphatic hydroxyl groups excluding tert-OH is 1. The van der Waals surface area contributed by atoms with Gasteiger partial charge in [-0.15, -0.1) is 0 Å². The first-order chi connectivity index (χ1) is 11.2. The highest BCUT2D eigenvalue weighted by molar-refractivity contribution is 5.13. The number of aliphatic hydroxyl groups is 1. The minimum absolute atomic E-state index is 0.140. The highest BCUT2D eigenvalue weighted by Crippen LogP contribution is 2.26. The average Bonchev–Trinajstić information content (AvgIpc) is 2.56. The molecule has 0 amide bonds. The van der Waals surface area contributed by atoms with Crippen LogP contribution < -0.4 is 0 Å². The largest absolute Gasteiger partial charge is 0.390 e. The normalized spacial score (nSPS) is 30.1. The van der Waals surface area contributed by atoms with Crippen molar-refractivity contribution in [3.8, 4) is 0 Å². The molecule has 0 spiro atoms. The molecule has 1 aliphatic rings. The zero-order valence-electron chi connectivity index (χ0n) is 12.6. The van der Waals surface area contributed by atoms with Gasteiger partial charge in [-0.3, -0.25) is 0 Å². The van der Waals surface area contributed by atoms with E-state index in [2.05, 4.69) is 20.1 Å². The molecular weight excluding hydrogens is 300 g/mol. The Hall–Kier alpha value is -2.28. The van der Waals surface area contributed by atoms with E-state index >= 15 is 0 Å². The van der Waals surface area contributed by atoms with Gasteiger partial charge in [0, 0.05) is 9.82 Å². The summed E-state index contributed by atoms with van der Waals surface area (Å²) in [5, 5.41) is 17.4. The maximum Gasteiger partial charge on any atom is 0.107 e. The van der Waals surface area contributed by atoms with E-state index in [1.807, 2.05) is 30.3 Å². The lowest BCUT2D eigenvalue weighted by molar-refractivity contribution is -0.153. The molecule has 1 aromatic rings. The third kappa shape index (κ3) is 4.35. The maximum absolute atomic E-state index is 10.3. The molecule has 23 heavy (non-hydrogen) atoms. The van der Waals surface area contributed by atoms with Gasteiger partial charge in [-0.2, -0.15) is 0 Å². The first-order valence-corrected chi connectivity index (χ1v) is 7.21. The third-order valence-corrected chi connectivity index (χ3v) is 3.71. The van der Waals surface area contributed by atoms with Crippen LogP contribution in [-0.2, 0) is 16.1 Å². The second-order valence-corrected chi connectivity index (χ2v) is 5.26. The van der Waals surface area contributed by atoms with E-state index in [1.165, 1.54) is 0 Å². The molecule has 9 heteroatoms. The summed E-state index contributed by atoms with van der Waals surface area (Å²) >= 11 is 0. The topological polar surface area (TPSA) is 136 Å². The summed E-state index contributed by atoms with van der Waals surface area (Å²) in [5.41, 5.74) is 18.3. The van der Waals surface area contributed by atoms with E-state index in [0.29, 0.717) is 6.61 Å². The molecule has 1 aromatic carbocycles. The summed E-state index contributed by atoms with van der Waals surface area (Å²) in [5.74, 6) is 0. The molecule has 5 atom stereocenters. The van der Waals surface area contributed by atoms with Crippen LogP contribution in [0.1, 0.15) is 12.5 Å². The van der Waals surface area contributed by atoms with Crippen molar-refractivity contribution in [2.45, 2.75) is 43.9 Å². The van der Waals surface area contributed by atoms with Gasteiger partial charge in [-0.25, -0.2) is 0 Å². The number of hydrogen-bond donors (Lipinski definition) is 1. The number of rotatable bonds is 6. The van der Waals surface area contributed by atoms with Crippen molar-refractivity contribution in [3.05, 3.63) is 56.8 Å². The van der Waals surface area contributed by atoms with Crippen LogP contribution >= 0.6 is 0 Å². The Morgan fingerprint density at radius 2 is 1.83 bits per heavy atom. The molecule has 0 bridgehead atoms. The molecule has 0 aliphatic carbocycles. The van der Waals surface area contributed by atoms with Crippen molar-refractivity contribution in [2.24, 2.45) is 10.2 Å². The Bertz CT molecular complexity index is 600. The molecule has 1 heterocycles. The van der Waals surface area contributed by atoms with Crippen molar-refractivity contribution in [1.82, 2.24) is 0 Å². The standard InChI is InChI=1S/C14H18N6O3/c1-9-12(17-19-15)13(18-20-16)14(21)11(23-9)8-22-7-10-5-3-2-4-6-10/h2-6,9,11-14,21H,7-8H2,1H3/t9-,11+,12-,13+,14+/m0/s1. The minimum Gasteiger partial charge on any atom is -0.390 e. The molecule has 122 valence electrons. The van der Waals surface area contributed by atoms with Gasteiger partial charge in [-0.1, -0.05) is 40.6 Å². The Labute approximate surface area is 133 Å². The summed E-state index contributed by atoms with van der Waals surface area (Å²) < 4.78 is 11.2. The molecule has 1 aliphatic heterocycles. The predicted octanol–water partition coefficient (Wildman–Crippen LogP) is 2.71. The molecule has 2 rings (SSSR count). The number of azide groups is 2. The predicted molar refractivity (Wildman–Crippen MR) is 82.3 cm³/mol. The van der Waals surface area contributed by atoms with E-state index in [-0.39, 0.29) is 6.61 Å². The summed E-state index contributed by atoms with van der Waals surface area (Å²) in [6.07, 6.45) is -2.25. The molecule has 1 fully saturated rings. The molecule has 0 unspecified atom stereocenters. The number of ether oxygens (including phenoxy) is 2. The fourth-order valence-electron chi connectivity index (χ4n) is 2.56. The van der Waals surface area contributed by atoms with Gasteiger partial charge in [0.1, 0.15) is 6.10 Å². The molecule has 0 saturated carbocycles. The highest BCUT2D eigenvalue weighted by atomic mass is 16.5. The van der Waals surface area contributed by atoms with E-state index in [0.717, 1.165) is 5.56 Å². The number of nitrogens with zero attached hydrogens (tertiary/aromatic N) is 6. The zero-order chi connectivity index (χ0) is 16.7. The quantitative estimate of drug-likeness (QED) is 0.490. The van der Waals surface area contributed by atoms with Gasteiger partial charge in [0.25, 0.3) is 0 Å². The monoisotopic (exact) mass is 318 g/mol. The lowest BCUT2D eigenvalue weighted by atomic mass is 9.92. The van der Waals surface area contributed by atoms with Crippen LogP contribution in [-0.4, -0.2) is 42.1 Å². The van der Waals surface area contributed by atoms with E-state index in [4.69, 9.17) is 20.5 Å². The first kappa shape index (κ1) is 17.1. The molecule has 9 nitrogen and oxygen atoms in total. The number of hydrogen-bond acceptors (Lipinski definition) is 5. The van der Waals surface area contributed by atoms with Crippen LogP contribution in [0.3, 0.4) is 0 Å². The summed E-state index contributed by atoms with van der Waals surface area (Å²) in [6.45, 7) is 2.23. The average molecular weight is 318 g/mol. The highest BCUT2D eigenvalue weighted by Gasteiger charge is 2.42. The second kappa shape index (κ2) is 8.38. The zero-order valence-corrected chi connectivity index (χ0v) is 12.6. The lowest BCUT2D eigenvalue weighted by Crippen LogP contribution is -2.56. The van der Waals surface area contributed by atoms with Crippen LogP contribution in [0, 0.1) is 0 Å². The lowest BCUT2D eigenvalue weighted by Gasteiger charge is -2.40. The van der Waals surface area contributed by atoms with Gasteiger partial charge < -0.3 is 14.6 Å². The molecule has 1 N–H and O–H groups in total. The van der Waals surface area contributed by atoms with Crippen LogP contribution in [0.5, 0.6) is 0 Å². The Balaban J connectivity index is 1.99. The fraction of sp³-hybridized carbons (Fsp3) is 0.571. The summed E-state index contributed by atoms with van der Waals surface area (Å²) in [4.78, 5) is 5.45. The van der Waals surface area contributed by atoms with Crippen molar-refractivity contribution < 1.29 is 14.6 Å². The van der Waals surface area contributed by atoms with Crippen LogP contribution in [0.15, 0.2) is 40.6 Å². The van der Waals surface area contributed by atoms with Crippen LogP contribution in [0.2, 0.25) is 0 Å². The number of benzene rings is 1. The minimum atomic E-state index is -1.10. The molecule has 0 radical (unpaired) electrons. The van der Waals surface area contributed by atoms with Crippen LogP contribution in [0.4, 0.5) is 0 Å². The van der Waals surface area contributed by atoms with Gasteiger partial charge in [0.2, 0.25) is 0 Å². The van der Waals surface area contributed by atoms with Gasteiger partial charge >= 0.3 is 0 Å². The van der Waals surface area contributed by atoms with E-state index in [1.54, 1.807) is 6.92 Å². The van der Waals surface area contributed by atoms with Gasteiger partial charge in [0.15, 0.2) is 0 Å². The van der Waals surface area contributed by atoms with Crippen molar-refractivity contribution >= 4 is 0 Å². The van der Waals surface area contributed by atoms with Crippen molar-refractivity contribution in [3.63, 3.8) is 0 Å². The summed E-state index contributed by atoms with van der Waals surface area (Å²) in [6, 6.07) is 7.97. The molecular formula is C14H18N6O3. The fourth-order valence-corrected chi connectivity index (χ4v) is 2.56. The maximum atomic E-state index is 10.3. The third-order valence-electron chi connectivity index (χ3n) is 3.71. The van der Waals surface area contributed by atoms with Crippen molar-refractivity contribution in [1.29, 1.82) is 0 Å². The Morgan fingerprint density at radius 1 is 1.17 bits per heavy atom. The molecule has 1 saturated heterocycles. The van der Waals surface area contributed by atoms with E-state index in [9.17, 15) is 5.11 Å². The van der Waals surface area contributed by atoms with Crippen LogP contribution in [0.25, 0.3) is 20.9 Å². The Kier molecular flexibility index (Phi) is 6.22. The second-order valence-electron chi connectivity index (χ2n) is 5.26. The van der Waals surface area contributed by atoms with Gasteiger partial charge in [-0.05, 0) is 23.5 Å². The molecule has 0 aromatic heterocycles.